The van der Waals surface area contributed by atoms with Crippen LogP contribution in [0.25, 0.3) is 0 Å². The third kappa shape index (κ3) is 7.59. The summed E-state index contributed by atoms with van der Waals surface area (Å²) in [5.41, 5.74) is 1.51. The summed E-state index contributed by atoms with van der Waals surface area (Å²) < 4.78 is 0. The summed E-state index contributed by atoms with van der Waals surface area (Å²) in [6.45, 7) is 8.83. The van der Waals surface area contributed by atoms with E-state index in [1.165, 1.54) is 24.8 Å². The van der Waals surface area contributed by atoms with Gasteiger partial charge in [0.15, 0.2) is 0 Å². The molecule has 0 radical (unpaired) electrons. The van der Waals surface area contributed by atoms with Gasteiger partial charge in [-0.2, -0.15) is 0 Å². The number of allylic oxidation sites excluding steroid dienone is 4. The predicted molar refractivity (Wildman–Crippen MR) is 57.3 cm³/mol. The van der Waals surface area contributed by atoms with E-state index in [4.69, 9.17) is 0 Å². The van der Waals surface area contributed by atoms with Crippen LogP contribution in [0.2, 0.25) is 0 Å². The molecule has 0 fully saturated rings. The van der Waals surface area contributed by atoms with Gasteiger partial charge in [0.2, 0.25) is 0 Å². The Labute approximate surface area is 77.4 Å². The monoisotopic (exact) mass is 166 g/mol. The average molecular weight is 166 g/mol. The lowest BCUT2D eigenvalue weighted by molar-refractivity contribution is 0.822. The molecule has 0 saturated carbocycles. The molecule has 0 unspecified atom stereocenters. The van der Waals surface area contributed by atoms with Crippen LogP contribution in [0, 0.1) is 5.92 Å². The highest BCUT2D eigenvalue weighted by molar-refractivity contribution is 4.98. The van der Waals surface area contributed by atoms with Crippen LogP contribution in [0.3, 0.4) is 0 Å². The molecule has 0 saturated heterocycles. The minimum atomic E-state index is 0.696. The third-order valence-electron chi connectivity index (χ3n) is 1.90. The van der Waals surface area contributed by atoms with Crippen LogP contribution in [0.4, 0.5) is 0 Å². The van der Waals surface area contributed by atoms with Gasteiger partial charge in [-0.3, -0.25) is 0 Å². The van der Waals surface area contributed by atoms with Gasteiger partial charge >= 0.3 is 0 Å². The smallest absolute Gasteiger partial charge is 0.0290 e. The number of rotatable bonds is 5. The topological polar surface area (TPSA) is 0 Å². The molecule has 0 aromatic carbocycles. The zero-order valence-electron chi connectivity index (χ0n) is 8.93. The first-order chi connectivity index (χ1) is 5.66. The molecule has 0 heteroatoms. The molecule has 0 aliphatic heterocycles. The molecule has 0 rings (SSSR count). The van der Waals surface area contributed by atoms with Gasteiger partial charge < -0.3 is 0 Å². The highest BCUT2D eigenvalue weighted by atomic mass is 13.9. The fourth-order valence-corrected chi connectivity index (χ4v) is 0.939. The van der Waals surface area contributed by atoms with Gasteiger partial charge in [0.25, 0.3) is 0 Å². The maximum atomic E-state index is 2.34. The van der Waals surface area contributed by atoms with Crippen molar-refractivity contribution < 1.29 is 0 Å². The van der Waals surface area contributed by atoms with Gasteiger partial charge in [-0.15, -0.1) is 0 Å². The Hall–Kier alpha value is -0.520. The molecule has 0 heterocycles. The van der Waals surface area contributed by atoms with E-state index >= 15 is 0 Å². The standard InChI is InChI=1S/C12H22/c1-5-12(4)10-8-6-7-9-11(2)3/h7,9-11H,5-6,8H2,1-4H3. The second kappa shape index (κ2) is 7.15. The van der Waals surface area contributed by atoms with Gasteiger partial charge in [-0.1, -0.05) is 44.6 Å². The summed E-state index contributed by atoms with van der Waals surface area (Å²) in [4.78, 5) is 0. The molecule has 0 nitrogen and oxygen atoms in total. The molecule has 0 N–H and O–H groups in total. The molecule has 0 bridgehead atoms. The van der Waals surface area contributed by atoms with E-state index in [1.54, 1.807) is 0 Å². The van der Waals surface area contributed by atoms with E-state index in [1.807, 2.05) is 0 Å². The van der Waals surface area contributed by atoms with Crippen molar-refractivity contribution in [3.05, 3.63) is 23.8 Å². The minimum Gasteiger partial charge on any atom is -0.0880 e. The first-order valence-electron chi connectivity index (χ1n) is 4.99. The lowest BCUT2D eigenvalue weighted by Crippen LogP contribution is -1.77. The maximum Gasteiger partial charge on any atom is -0.0290 e. The van der Waals surface area contributed by atoms with Crippen molar-refractivity contribution in [1.82, 2.24) is 0 Å². The van der Waals surface area contributed by atoms with Crippen molar-refractivity contribution >= 4 is 0 Å². The molecule has 12 heavy (non-hydrogen) atoms. The van der Waals surface area contributed by atoms with Crippen LogP contribution in [-0.2, 0) is 0 Å². The van der Waals surface area contributed by atoms with Crippen LogP contribution in [-0.4, -0.2) is 0 Å². The zero-order chi connectivity index (χ0) is 9.40. The van der Waals surface area contributed by atoms with Crippen LogP contribution in [0.5, 0.6) is 0 Å². The van der Waals surface area contributed by atoms with E-state index in [9.17, 15) is 0 Å². The molecule has 0 atom stereocenters. The van der Waals surface area contributed by atoms with Crippen molar-refractivity contribution in [2.45, 2.75) is 47.0 Å². The predicted octanol–water partition coefficient (Wildman–Crippen LogP) is 4.34. The number of unbranched alkanes of at least 4 members (excludes halogenated alkanes) is 1. The summed E-state index contributed by atoms with van der Waals surface area (Å²) in [7, 11) is 0. The van der Waals surface area contributed by atoms with E-state index < -0.39 is 0 Å². The van der Waals surface area contributed by atoms with Crippen molar-refractivity contribution in [2.75, 3.05) is 0 Å². The first kappa shape index (κ1) is 11.5. The third-order valence-corrected chi connectivity index (χ3v) is 1.90. The minimum absolute atomic E-state index is 0.696. The van der Waals surface area contributed by atoms with Crippen molar-refractivity contribution in [1.29, 1.82) is 0 Å². The van der Waals surface area contributed by atoms with E-state index in [0.29, 0.717) is 5.92 Å². The van der Waals surface area contributed by atoms with E-state index in [-0.39, 0.29) is 0 Å². The largest absolute Gasteiger partial charge is 0.0880 e. The second-order valence-corrected chi connectivity index (χ2v) is 3.65. The summed E-state index contributed by atoms with van der Waals surface area (Å²) in [5.74, 6) is 0.696. The molecule has 0 aromatic heterocycles. The lowest BCUT2D eigenvalue weighted by atomic mass is 10.1. The number of hydrogen-bond acceptors (Lipinski definition) is 0. The Bertz CT molecular complexity index is 149. The van der Waals surface area contributed by atoms with Crippen molar-refractivity contribution in [3.8, 4) is 0 Å². The molecule has 0 aromatic rings. The Morgan fingerprint density at radius 2 is 1.92 bits per heavy atom. The summed E-state index contributed by atoms with van der Waals surface area (Å²) >= 11 is 0. The van der Waals surface area contributed by atoms with Crippen molar-refractivity contribution in [3.63, 3.8) is 0 Å². The normalized spacial score (nSPS) is 13.2. The highest BCUT2D eigenvalue weighted by Crippen LogP contribution is 2.03. The summed E-state index contributed by atoms with van der Waals surface area (Å²) in [5, 5.41) is 0. The summed E-state index contributed by atoms with van der Waals surface area (Å²) in [6.07, 6.45) is 10.5. The van der Waals surface area contributed by atoms with Crippen LogP contribution < -0.4 is 0 Å². The molecular formula is C12H22. The maximum absolute atomic E-state index is 2.34. The SMILES string of the molecule is CCC(C)=CCCC=CC(C)C. The van der Waals surface area contributed by atoms with Gasteiger partial charge in [0, 0.05) is 0 Å². The van der Waals surface area contributed by atoms with Crippen LogP contribution in [0.1, 0.15) is 47.0 Å². The highest BCUT2D eigenvalue weighted by Gasteiger charge is 1.84. The van der Waals surface area contributed by atoms with Gasteiger partial charge in [0.05, 0.1) is 0 Å². The van der Waals surface area contributed by atoms with E-state index in [2.05, 4.69) is 45.9 Å². The first-order valence-corrected chi connectivity index (χ1v) is 4.99. The molecule has 0 aliphatic rings. The fourth-order valence-electron chi connectivity index (χ4n) is 0.939. The van der Waals surface area contributed by atoms with Gasteiger partial charge in [0.1, 0.15) is 0 Å². The van der Waals surface area contributed by atoms with Crippen molar-refractivity contribution in [2.24, 2.45) is 5.92 Å². The molecule has 70 valence electrons. The number of hydrogen-bond donors (Lipinski definition) is 0. The second-order valence-electron chi connectivity index (χ2n) is 3.65. The Morgan fingerprint density at radius 3 is 2.42 bits per heavy atom. The molecule has 0 aliphatic carbocycles. The Balaban J connectivity index is 3.44. The van der Waals surface area contributed by atoms with Gasteiger partial charge in [-0.05, 0) is 32.1 Å². The fraction of sp³-hybridized carbons (Fsp3) is 0.667. The quantitative estimate of drug-likeness (QED) is 0.421. The Kier molecular flexibility index (Phi) is 6.84. The zero-order valence-corrected chi connectivity index (χ0v) is 8.93. The van der Waals surface area contributed by atoms with Crippen LogP contribution in [0.15, 0.2) is 23.8 Å². The molecule has 0 spiro atoms. The Morgan fingerprint density at radius 1 is 1.25 bits per heavy atom. The average Bonchev–Trinajstić information content (AvgIpc) is 2.03. The van der Waals surface area contributed by atoms with Gasteiger partial charge in [-0.25, -0.2) is 0 Å². The summed E-state index contributed by atoms with van der Waals surface area (Å²) in [6, 6.07) is 0. The lowest BCUT2D eigenvalue weighted by Gasteiger charge is -1.95. The molecule has 0 amide bonds. The molecular weight excluding hydrogens is 144 g/mol. The van der Waals surface area contributed by atoms with E-state index in [0.717, 1.165) is 0 Å². The van der Waals surface area contributed by atoms with Crippen LogP contribution >= 0.6 is 0 Å².